The smallest absolute Gasteiger partial charge is 0.319 e. The summed E-state index contributed by atoms with van der Waals surface area (Å²) in [6, 6.07) is 16.6. The number of carbonyl (C=O) groups is 3. The number of rotatable bonds is 5. The van der Waals surface area contributed by atoms with Gasteiger partial charge >= 0.3 is 6.03 Å². The van der Waals surface area contributed by atoms with Gasteiger partial charge in [-0.25, -0.2) is 4.79 Å². The zero-order valence-electron chi connectivity index (χ0n) is 18.3. The lowest BCUT2D eigenvalue weighted by Gasteiger charge is -2.33. The molecule has 2 N–H and O–H groups in total. The van der Waals surface area contributed by atoms with Gasteiger partial charge in [-0.05, 0) is 37.5 Å². The van der Waals surface area contributed by atoms with Crippen LogP contribution in [0.3, 0.4) is 0 Å². The third kappa shape index (κ3) is 5.63. The van der Waals surface area contributed by atoms with Crippen molar-refractivity contribution in [2.45, 2.75) is 25.8 Å². The maximum Gasteiger partial charge on any atom is 0.319 e. The van der Waals surface area contributed by atoms with Crippen LogP contribution in [0.25, 0.3) is 0 Å². The molecule has 0 unspecified atom stereocenters. The first-order valence-electron chi connectivity index (χ1n) is 10.6. The average molecular weight is 423 g/mol. The number of piperidine rings is 1. The second kappa shape index (κ2) is 10.1. The molecule has 1 heterocycles. The lowest BCUT2D eigenvalue weighted by atomic mass is 9.95. The van der Waals surface area contributed by atoms with Gasteiger partial charge in [-0.1, -0.05) is 42.5 Å². The van der Waals surface area contributed by atoms with Crippen molar-refractivity contribution in [3.63, 3.8) is 0 Å². The molecule has 2 aromatic rings. The average Bonchev–Trinajstić information content (AvgIpc) is 2.79. The van der Waals surface area contributed by atoms with Crippen molar-refractivity contribution >= 4 is 23.5 Å². The molecular formula is C24H30N4O3. The van der Waals surface area contributed by atoms with Gasteiger partial charge in [-0.15, -0.1) is 0 Å². The molecule has 0 aliphatic carbocycles. The summed E-state index contributed by atoms with van der Waals surface area (Å²) in [6.07, 6.45) is 1.20. The maximum atomic E-state index is 12.9. The van der Waals surface area contributed by atoms with E-state index in [0.29, 0.717) is 37.2 Å². The van der Waals surface area contributed by atoms with E-state index in [4.69, 9.17) is 0 Å². The van der Waals surface area contributed by atoms with E-state index in [2.05, 4.69) is 10.6 Å². The van der Waals surface area contributed by atoms with Crippen molar-refractivity contribution in [1.29, 1.82) is 0 Å². The standard InChI is InChI=1S/C24H30N4O3/c1-17(18-9-5-4-6-10-18)25-23(30)20-11-7-8-12-21(20)26-22(29)19-13-15-28(16-14-19)24(31)27(2)3/h4-12,17,19H,13-16H2,1-3H3,(H,25,30)(H,26,29)/t17-/m1/s1. The topological polar surface area (TPSA) is 81.8 Å². The molecule has 164 valence electrons. The Labute approximate surface area is 183 Å². The summed E-state index contributed by atoms with van der Waals surface area (Å²) in [5.74, 6) is -0.544. The van der Waals surface area contributed by atoms with Crippen molar-refractivity contribution in [2.75, 3.05) is 32.5 Å². The molecule has 1 atom stereocenters. The second-order valence-corrected chi connectivity index (χ2v) is 8.08. The highest BCUT2D eigenvalue weighted by molar-refractivity contribution is 6.04. The number of anilines is 1. The number of carbonyl (C=O) groups excluding carboxylic acids is 3. The molecule has 3 rings (SSSR count). The summed E-state index contributed by atoms with van der Waals surface area (Å²) in [7, 11) is 3.45. The predicted molar refractivity (Wildman–Crippen MR) is 121 cm³/mol. The lowest BCUT2D eigenvalue weighted by Crippen LogP contribution is -2.45. The Morgan fingerprint density at radius 2 is 1.58 bits per heavy atom. The number of para-hydroxylation sites is 1. The van der Waals surface area contributed by atoms with E-state index in [1.165, 1.54) is 0 Å². The van der Waals surface area contributed by atoms with Gasteiger partial charge < -0.3 is 20.4 Å². The summed E-state index contributed by atoms with van der Waals surface area (Å²) >= 11 is 0. The monoisotopic (exact) mass is 422 g/mol. The largest absolute Gasteiger partial charge is 0.345 e. The number of likely N-dealkylation sites (tertiary alicyclic amines) is 1. The molecule has 1 fully saturated rings. The Hall–Kier alpha value is -3.35. The summed E-state index contributed by atoms with van der Waals surface area (Å²) in [6.45, 7) is 3.02. The molecule has 7 nitrogen and oxygen atoms in total. The molecule has 1 aliphatic heterocycles. The van der Waals surface area contributed by atoms with Gasteiger partial charge in [0.1, 0.15) is 0 Å². The van der Waals surface area contributed by atoms with Crippen molar-refractivity contribution in [2.24, 2.45) is 5.92 Å². The highest BCUT2D eigenvalue weighted by Crippen LogP contribution is 2.23. The number of amides is 4. The summed E-state index contributed by atoms with van der Waals surface area (Å²) < 4.78 is 0. The molecule has 0 aromatic heterocycles. The third-order valence-corrected chi connectivity index (χ3v) is 5.60. The normalized spacial score (nSPS) is 15.1. The molecule has 2 aromatic carbocycles. The second-order valence-electron chi connectivity index (χ2n) is 8.08. The van der Waals surface area contributed by atoms with Crippen molar-refractivity contribution in [3.05, 3.63) is 65.7 Å². The Kier molecular flexibility index (Phi) is 7.28. The van der Waals surface area contributed by atoms with Gasteiger partial charge in [0.25, 0.3) is 5.91 Å². The van der Waals surface area contributed by atoms with Crippen LogP contribution in [0.1, 0.15) is 41.7 Å². The van der Waals surface area contributed by atoms with Gasteiger partial charge in [0.05, 0.1) is 17.3 Å². The molecule has 0 saturated carbocycles. The Morgan fingerprint density at radius 3 is 2.23 bits per heavy atom. The van der Waals surface area contributed by atoms with Crippen molar-refractivity contribution < 1.29 is 14.4 Å². The van der Waals surface area contributed by atoms with Crippen molar-refractivity contribution in [1.82, 2.24) is 15.1 Å². The molecule has 0 spiro atoms. The number of hydrogen-bond donors (Lipinski definition) is 2. The van der Waals surface area contributed by atoms with Crippen LogP contribution < -0.4 is 10.6 Å². The molecule has 4 amide bonds. The zero-order valence-corrected chi connectivity index (χ0v) is 18.3. The van der Waals surface area contributed by atoms with Gasteiger partial charge in [0, 0.05) is 33.1 Å². The van der Waals surface area contributed by atoms with Gasteiger partial charge in [0.2, 0.25) is 5.91 Å². The summed E-state index contributed by atoms with van der Waals surface area (Å²) in [5, 5.41) is 5.92. The molecule has 7 heteroatoms. The number of hydrogen-bond acceptors (Lipinski definition) is 3. The number of benzene rings is 2. The van der Waals surface area contributed by atoms with E-state index in [1.807, 2.05) is 37.3 Å². The molecule has 1 saturated heterocycles. The SMILES string of the molecule is C[C@@H](NC(=O)c1ccccc1NC(=O)C1CCN(C(=O)N(C)C)CC1)c1ccccc1. The number of nitrogens with one attached hydrogen (secondary N) is 2. The third-order valence-electron chi connectivity index (χ3n) is 5.60. The summed E-state index contributed by atoms with van der Waals surface area (Å²) in [4.78, 5) is 41.1. The Morgan fingerprint density at radius 1 is 0.968 bits per heavy atom. The summed E-state index contributed by atoms with van der Waals surface area (Å²) in [5.41, 5.74) is 1.94. The van der Waals surface area contributed by atoms with Gasteiger partial charge in [0.15, 0.2) is 0 Å². The molecule has 0 bridgehead atoms. The van der Waals surface area contributed by atoms with Crippen LogP contribution in [-0.2, 0) is 4.79 Å². The highest BCUT2D eigenvalue weighted by Gasteiger charge is 2.28. The quantitative estimate of drug-likeness (QED) is 0.774. The van der Waals surface area contributed by atoms with Crippen molar-refractivity contribution in [3.8, 4) is 0 Å². The number of nitrogens with zero attached hydrogens (tertiary/aromatic N) is 2. The van der Waals surface area contributed by atoms with E-state index in [0.717, 1.165) is 5.56 Å². The minimum Gasteiger partial charge on any atom is -0.345 e. The Bertz CT molecular complexity index is 921. The van der Waals surface area contributed by atoms with Crippen LogP contribution in [0.15, 0.2) is 54.6 Å². The first-order valence-corrected chi connectivity index (χ1v) is 10.6. The fraction of sp³-hybridized carbons (Fsp3) is 0.375. The fourth-order valence-corrected chi connectivity index (χ4v) is 3.74. The first-order chi connectivity index (χ1) is 14.9. The minimum absolute atomic E-state index is 0.0339. The maximum absolute atomic E-state index is 12.9. The molecule has 31 heavy (non-hydrogen) atoms. The van der Waals surface area contributed by atoms with Crippen LogP contribution in [-0.4, -0.2) is 54.8 Å². The van der Waals surface area contributed by atoms with Crippen LogP contribution in [0.2, 0.25) is 0 Å². The van der Waals surface area contributed by atoms with E-state index in [1.54, 1.807) is 48.2 Å². The molecule has 1 aliphatic rings. The molecular weight excluding hydrogens is 392 g/mol. The first kappa shape index (κ1) is 22.3. The number of urea groups is 1. The van der Waals surface area contributed by atoms with Gasteiger partial charge in [-0.3, -0.25) is 9.59 Å². The van der Waals surface area contributed by atoms with E-state index < -0.39 is 0 Å². The van der Waals surface area contributed by atoms with Crippen LogP contribution in [0.5, 0.6) is 0 Å². The van der Waals surface area contributed by atoms with E-state index in [-0.39, 0.29) is 29.8 Å². The van der Waals surface area contributed by atoms with Crippen LogP contribution in [0, 0.1) is 5.92 Å². The van der Waals surface area contributed by atoms with Gasteiger partial charge in [-0.2, -0.15) is 0 Å². The fourth-order valence-electron chi connectivity index (χ4n) is 3.74. The van der Waals surface area contributed by atoms with E-state index in [9.17, 15) is 14.4 Å². The lowest BCUT2D eigenvalue weighted by molar-refractivity contribution is -0.121. The minimum atomic E-state index is -0.237. The molecule has 0 radical (unpaired) electrons. The highest BCUT2D eigenvalue weighted by atomic mass is 16.2. The predicted octanol–water partition coefficient (Wildman–Crippen LogP) is 3.51. The van der Waals surface area contributed by atoms with E-state index >= 15 is 0 Å². The van der Waals surface area contributed by atoms with Crippen LogP contribution >= 0.6 is 0 Å². The zero-order chi connectivity index (χ0) is 22.4. The van der Waals surface area contributed by atoms with Crippen LogP contribution in [0.4, 0.5) is 10.5 Å². The Balaban J connectivity index is 1.62.